The molecule has 0 saturated carbocycles. The van der Waals surface area contributed by atoms with Gasteiger partial charge in [-0.15, -0.1) is 0 Å². The minimum atomic E-state index is -1.57. The van der Waals surface area contributed by atoms with Crippen molar-refractivity contribution in [3.63, 3.8) is 0 Å². The highest BCUT2D eigenvalue weighted by molar-refractivity contribution is 6.66. The van der Waals surface area contributed by atoms with Crippen molar-refractivity contribution in [1.82, 2.24) is 4.98 Å². The zero-order chi connectivity index (χ0) is 24.2. The van der Waals surface area contributed by atoms with Crippen LogP contribution in [0.1, 0.15) is 0 Å². The molecule has 6 aromatic carbocycles. The zero-order valence-electron chi connectivity index (χ0n) is 19.4. The smallest absolute Gasteiger partial charge is 0.423 e. The number of hydrogen-bond donors (Lipinski definition) is 3. The van der Waals surface area contributed by atoms with Gasteiger partial charge in [0.15, 0.2) is 0 Å². The third-order valence-electron chi connectivity index (χ3n) is 7.22. The van der Waals surface area contributed by atoms with Crippen LogP contribution in [0.5, 0.6) is 0 Å². The molecule has 1 heterocycles. The Kier molecular flexibility index (Phi) is 4.71. The fourth-order valence-corrected chi connectivity index (χ4v) is 5.68. The van der Waals surface area contributed by atoms with Crippen molar-refractivity contribution >= 4 is 55.9 Å². The topological polar surface area (TPSA) is 56.2 Å². The molecule has 0 bridgehead atoms. The van der Waals surface area contributed by atoms with E-state index >= 15 is 0 Å². The van der Waals surface area contributed by atoms with Crippen molar-refractivity contribution in [2.24, 2.45) is 0 Å². The largest absolute Gasteiger partial charge is 0.489 e. The second-order valence-electron chi connectivity index (χ2n) is 9.24. The van der Waals surface area contributed by atoms with Crippen molar-refractivity contribution in [2.45, 2.75) is 0 Å². The second-order valence-corrected chi connectivity index (χ2v) is 9.24. The molecule has 0 unspecified atom stereocenters. The molecular formula is C32H22BNO2. The molecule has 0 aliphatic carbocycles. The summed E-state index contributed by atoms with van der Waals surface area (Å²) in [5.74, 6) is 0. The van der Waals surface area contributed by atoms with E-state index < -0.39 is 7.12 Å². The lowest BCUT2D eigenvalue weighted by Crippen LogP contribution is -2.31. The maximum absolute atomic E-state index is 10.4. The number of benzene rings is 6. The van der Waals surface area contributed by atoms with Gasteiger partial charge >= 0.3 is 7.12 Å². The molecule has 0 radical (unpaired) electrons. The van der Waals surface area contributed by atoms with Gasteiger partial charge in [-0.3, -0.25) is 0 Å². The number of H-pyrrole nitrogens is 1. The molecule has 0 spiro atoms. The summed E-state index contributed by atoms with van der Waals surface area (Å²) in [5, 5.41) is 26.8. The first-order chi connectivity index (χ1) is 17.7. The fourth-order valence-electron chi connectivity index (χ4n) is 5.68. The van der Waals surface area contributed by atoms with Crippen LogP contribution in [0.4, 0.5) is 0 Å². The van der Waals surface area contributed by atoms with Crippen LogP contribution in [0.2, 0.25) is 0 Å². The Morgan fingerprint density at radius 1 is 0.500 bits per heavy atom. The predicted octanol–water partition coefficient (Wildman–Crippen LogP) is 6.64. The Labute approximate surface area is 208 Å². The van der Waals surface area contributed by atoms with E-state index in [0.29, 0.717) is 5.46 Å². The maximum Gasteiger partial charge on any atom is 0.489 e. The van der Waals surface area contributed by atoms with Crippen LogP contribution in [0.3, 0.4) is 0 Å². The fraction of sp³-hybridized carbons (Fsp3) is 0. The first-order valence-electron chi connectivity index (χ1n) is 12.1. The quantitative estimate of drug-likeness (QED) is 0.203. The number of para-hydroxylation sites is 1. The molecule has 7 aromatic rings. The minimum absolute atomic E-state index is 0.539. The van der Waals surface area contributed by atoms with Crippen molar-refractivity contribution in [2.75, 3.05) is 0 Å². The Hall–Kier alpha value is -4.38. The highest BCUT2D eigenvalue weighted by atomic mass is 16.4. The van der Waals surface area contributed by atoms with E-state index in [9.17, 15) is 10.0 Å². The average Bonchev–Trinajstić information content (AvgIpc) is 3.30. The molecule has 3 N–H and O–H groups in total. The normalized spacial score (nSPS) is 11.6. The summed E-state index contributed by atoms with van der Waals surface area (Å²) in [6, 6.07) is 39.4. The lowest BCUT2D eigenvalue weighted by Gasteiger charge is -2.18. The van der Waals surface area contributed by atoms with Crippen molar-refractivity contribution in [3.8, 4) is 22.3 Å². The third-order valence-corrected chi connectivity index (χ3v) is 7.22. The first-order valence-corrected chi connectivity index (χ1v) is 12.1. The van der Waals surface area contributed by atoms with Crippen molar-refractivity contribution < 1.29 is 10.0 Å². The number of nitrogens with one attached hydrogen (secondary N) is 1. The molecule has 0 atom stereocenters. The summed E-state index contributed by atoms with van der Waals surface area (Å²) < 4.78 is 0. The summed E-state index contributed by atoms with van der Waals surface area (Å²) in [7, 11) is -1.57. The van der Waals surface area contributed by atoms with Crippen LogP contribution in [0.15, 0.2) is 115 Å². The van der Waals surface area contributed by atoms with Gasteiger partial charge in [0.2, 0.25) is 0 Å². The Bertz CT molecular complexity index is 1870. The number of aromatic nitrogens is 1. The van der Waals surface area contributed by atoms with Gasteiger partial charge < -0.3 is 15.0 Å². The van der Waals surface area contributed by atoms with Crippen LogP contribution in [0.25, 0.3) is 65.6 Å². The molecule has 0 aliphatic rings. The first kappa shape index (κ1) is 21.0. The second kappa shape index (κ2) is 8.09. The van der Waals surface area contributed by atoms with Gasteiger partial charge in [0.05, 0.1) is 5.52 Å². The average molecular weight is 463 g/mol. The zero-order valence-corrected chi connectivity index (χ0v) is 19.4. The summed E-state index contributed by atoms with van der Waals surface area (Å²) in [5.41, 5.74) is 7.17. The lowest BCUT2D eigenvalue weighted by atomic mass is 9.72. The van der Waals surface area contributed by atoms with Crippen LogP contribution in [0, 0.1) is 0 Å². The SMILES string of the molecule is OB(O)c1c2ccccc2c(-c2cc(-c3ccccc3)cc3c2[nH]c2ccccc23)c2ccccc12. The van der Waals surface area contributed by atoms with Gasteiger partial charge in [-0.1, -0.05) is 97.1 Å². The van der Waals surface area contributed by atoms with E-state index in [4.69, 9.17) is 0 Å². The third kappa shape index (κ3) is 3.09. The number of aromatic amines is 1. The van der Waals surface area contributed by atoms with Crippen molar-refractivity contribution in [1.29, 1.82) is 0 Å². The molecule has 0 saturated heterocycles. The van der Waals surface area contributed by atoms with Gasteiger partial charge in [-0.2, -0.15) is 0 Å². The molecule has 0 fully saturated rings. The molecule has 0 aliphatic heterocycles. The molecule has 3 nitrogen and oxygen atoms in total. The minimum Gasteiger partial charge on any atom is -0.423 e. The van der Waals surface area contributed by atoms with E-state index in [2.05, 4.69) is 77.8 Å². The van der Waals surface area contributed by atoms with Gasteiger partial charge in [-0.05, 0) is 61.9 Å². The molecule has 7 rings (SSSR count). The van der Waals surface area contributed by atoms with Crippen LogP contribution in [-0.4, -0.2) is 22.2 Å². The van der Waals surface area contributed by atoms with E-state index in [1.54, 1.807) is 0 Å². The van der Waals surface area contributed by atoms with Crippen LogP contribution >= 0.6 is 0 Å². The van der Waals surface area contributed by atoms with Crippen molar-refractivity contribution in [3.05, 3.63) is 115 Å². The highest BCUT2D eigenvalue weighted by Crippen LogP contribution is 2.42. The number of fused-ring (bicyclic) bond motifs is 5. The van der Waals surface area contributed by atoms with Crippen LogP contribution in [-0.2, 0) is 0 Å². The monoisotopic (exact) mass is 463 g/mol. The van der Waals surface area contributed by atoms with E-state index in [1.807, 2.05) is 42.5 Å². The van der Waals surface area contributed by atoms with E-state index in [0.717, 1.165) is 54.8 Å². The van der Waals surface area contributed by atoms with Gasteiger partial charge in [0.25, 0.3) is 0 Å². The molecular weight excluding hydrogens is 441 g/mol. The molecule has 4 heteroatoms. The van der Waals surface area contributed by atoms with E-state index in [-0.39, 0.29) is 0 Å². The van der Waals surface area contributed by atoms with E-state index in [1.165, 1.54) is 10.8 Å². The summed E-state index contributed by atoms with van der Waals surface area (Å²) >= 11 is 0. The summed E-state index contributed by atoms with van der Waals surface area (Å²) in [4.78, 5) is 3.69. The van der Waals surface area contributed by atoms with Gasteiger partial charge in [0.1, 0.15) is 0 Å². The molecule has 0 amide bonds. The van der Waals surface area contributed by atoms with Gasteiger partial charge in [0, 0.05) is 21.9 Å². The molecule has 1 aromatic heterocycles. The molecule has 170 valence electrons. The Morgan fingerprint density at radius 2 is 1.06 bits per heavy atom. The standard InChI is InChI=1S/C32H22BNO2/c35-33(36)31-25-15-6-4-13-23(25)30(24-14-5-7-16-26(24)31)28-19-21(20-10-2-1-3-11-20)18-27-22-12-8-9-17-29(22)34-32(27)28/h1-19,34-36H. The summed E-state index contributed by atoms with van der Waals surface area (Å²) in [6.45, 7) is 0. The predicted molar refractivity (Wildman–Crippen MR) is 152 cm³/mol. The van der Waals surface area contributed by atoms with Gasteiger partial charge in [-0.25, -0.2) is 0 Å². The Balaban J connectivity index is 1.71. The Morgan fingerprint density at radius 3 is 1.69 bits per heavy atom. The number of hydrogen-bond acceptors (Lipinski definition) is 2. The lowest BCUT2D eigenvalue weighted by molar-refractivity contribution is 0.426. The maximum atomic E-state index is 10.4. The highest BCUT2D eigenvalue weighted by Gasteiger charge is 2.24. The summed E-state index contributed by atoms with van der Waals surface area (Å²) in [6.07, 6.45) is 0. The van der Waals surface area contributed by atoms with Crippen LogP contribution < -0.4 is 5.46 Å². The molecule has 36 heavy (non-hydrogen) atoms. The number of rotatable bonds is 3.